The van der Waals surface area contributed by atoms with E-state index in [1.807, 2.05) is 0 Å². The second-order valence-electron chi connectivity index (χ2n) is 4.92. The van der Waals surface area contributed by atoms with E-state index in [2.05, 4.69) is 20.8 Å². The largest absolute Gasteiger partial charge is 0.380 e. The Balaban J connectivity index is 2.46. The van der Waals surface area contributed by atoms with Crippen molar-refractivity contribution in [1.82, 2.24) is 0 Å². The molecular weight excluding hydrogens is 162 g/mol. The minimum Gasteiger partial charge on any atom is -0.380 e. The molecule has 2 heteroatoms. The van der Waals surface area contributed by atoms with Gasteiger partial charge in [-0.1, -0.05) is 20.8 Å². The molecule has 1 aliphatic heterocycles. The molecule has 2 atom stereocenters. The summed E-state index contributed by atoms with van der Waals surface area (Å²) in [6, 6.07) is 0. The van der Waals surface area contributed by atoms with E-state index in [-0.39, 0.29) is 5.54 Å². The number of ether oxygens (including phenoxy) is 1. The summed E-state index contributed by atoms with van der Waals surface area (Å²) in [6.07, 6.45) is 3.46. The highest BCUT2D eigenvalue weighted by Gasteiger charge is 2.34. The van der Waals surface area contributed by atoms with Crippen molar-refractivity contribution < 1.29 is 4.74 Å². The van der Waals surface area contributed by atoms with Crippen LogP contribution in [-0.4, -0.2) is 18.8 Å². The summed E-state index contributed by atoms with van der Waals surface area (Å²) < 4.78 is 5.46. The summed E-state index contributed by atoms with van der Waals surface area (Å²) in [6.45, 7) is 8.41. The first-order valence-corrected chi connectivity index (χ1v) is 5.41. The summed E-state index contributed by atoms with van der Waals surface area (Å²) >= 11 is 0. The zero-order valence-corrected chi connectivity index (χ0v) is 9.18. The minimum atomic E-state index is -0.0531. The lowest BCUT2D eigenvalue weighted by atomic mass is 9.77. The quantitative estimate of drug-likeness (QED) is 0.731. The van der Waals surface area contributed by atoms with Crippen LogP contribution in [0.15, 0.2) is 0 Å². The van der Waals surface area contributed by atoms with Gasteiger partial charge in [-0.25, -0.2) is 0 Å². The van der Waals surface area contributed by atoms with E-state index in [0.717, 1.165) is 32.0 Å². The Kier molecular flexibility index (Phi) is 3.74. The van der Waals surface area contributed by atoms with Crippen LogP contribution >= 0.6 is 0 Å². The van der Waals surface area contributed by atoms with Gasteiger partial charge in [0.15, 0.2) is 0 Å². The highest BCUT2D eigenvalue weighted by molar-refractivity contribution is 4.91. The average molecular weight is 185 g/mol. The van der Waals surface area contributed by atoms with Gasteiger partial charge >= 0.3 is 0 Å². The topological polar surface area (TPSA) is 35.2 Å². The van der Waals surface area contributed by atoms with Crippen molar-refractivity contribution in [2.75, 3.05) is 13.2 Å². The maximum Gasteiger partial charge on any atom is 0.0648 e. The van der Waals surface area contributed by atoms with Crippen molar-refractivity contribution in [2.45, 2.75) is 45.6 Å². The average Bonchev–Trinajstić information content (AvgIpc) is 2.04. The molecule has 1 fully saturated rings. The zero-order chi connectivity index (χ0) is 9.90. The predicted molar refractivity (Wildman–Crippen MR) is 55.6 cm³/mol. The molecule has 1 aliphatic rings. The van der Waals surface area contributed by atoms with E-state index in [4.69, 9.17) is 10.5 Å². The Bertz CT molecular complexity index is 150. The minimum absolute atomic E-state index is 0.0531. The predicted octanol–water partition coefficient (Wildman–Crippen LogP) is 2.18. The molecule has 13 heavy (non-hydrogen) atoms. The third-order valence-corrected chi connectivity index (χ3v) is 3.11. The van der Waals surface area contributed by atoms with Crippen molar-refractivity contribution in [2.24, 2.45) is 17.6 Å². The Morgan fingerprint density at radius 2 is 2.08 bits per heavy atom. The van der Waals surface area contributed by atoms with Gasteiger partial charge in [-0.15, -0.1) is 0 Å². The number of hydrogen-bond acceptors (Lipinski definition) is 2. The first-order valence-electron chi connectivity index (χ1n) is 5.41. The van der Waals surface area contributed by atoms with Gasteiger partial charge in [-0.05, 0) is 31.1 Å². The van der Waals surface area contributed by atoms with E-state index in [9.17, 15) is 0 Å². The van der Waals surface area contributed by atoms with E-state index < -0.39 is 0 Å². The lowest BCUT2D eigenvalue weighted by Crippen LogP contribution is -2.52. The maximum atomic E-state index is 6.33. The SMILES string of the molecule is CC(C)CC(C)C1(N)CCCOC1. The lowest BCUT2D eigenvalue weighted by molar-refractivity contribution is 0.0105. The molecule has 0 aromatic carbocycles. The van der Waals surface area contributed by atoms with Gasteiger partial charge in [0, 0.05) is 12.1 Å². The molecule has 1 heterocycles. The first kappa shape index (κ1) is 11.0. The molecular formula is C11H23NO. The fourth-order valence-corrected chi connectivity index (χ4v) is 2.17. The van der Waals surface area contributed by atoms with Gasteiger partial charge in [0.05, 0.1) is 6.61 Å². The summed E-state index contributed by atoms with van der Waals surface area (Å²) in [5, 5.41) is 0. The van der Waals surface area contributed by atoms with E-state index in [0.29, 0.717) is 5.92 Å². The number of hydrogen-bond donors (Lipinski definition) is 1. The fourth-order valence-electron chi connectivity index (χ4n) is 2.17. The standard InChI is InChI=1S/C11H23NO/c1-9(2)7-10(3)11(12)5-4-6-13-8-11/h9-10H,4-8,12H2,1-3H3. The summed E-state index contributed by atoms with van der Waals surface area (Å²) in [4.78, 5) is 0. The van der Waals surface area contributed by atoms with Gasteiger partial charge in [-0.3, -0.25) is 0 Å². The first-order chi connectivity index (χ1) is 6.04. The van der Waals surface area contributed by atoms with Crippen LogP contribution in [0.3, 0.4) is 0 Å². The van der Waals surface area contributed by atoms with Crippen LogP contribution in [0.4, 0.5) is 0 Å². The molecule has 1 saturated heterocycles. The maximum absolute atomic E-state index is 6.33. The van der Waals surface area contributed by atoms with E-state index >= 15 is 0 Å². The van der Waals surface area contributed by atoms with E-state index in [1.54, 1.807) is 0 Å². The molecule has 2 nitrogen and oxygen atoms in total. The van der Waals surface area contributed by atoms with Crippen LogP contribution in [0.2, 0.25) is 0 Å². The van der Waals surface area contributed by atoms with Crippen LogP contribution in [0.25, 0.3) is 0 Å². The van der Waals surface area contributed by atoms with Gasteiger partial charge in [0.25, 0.3) is 0 Å². The molecule has 0 spiro atoms. The zero-order valence-electron chi connectivity index (χ0n) is 9.18. The van der Waals surface area contributed by atoms with Gasteiger partial charge in [-0.2, -0.15) is 0 Å². The van der Waals surface area contributed by atoms with Gasteiger partial charge in [0.2, 0.25) is 0 Å². The molecule has 0 amide bonds. The normalized spacial score (nSPS) is 32.1. The molecule has 2 unspecified atom stereocenters. The summed E-state index contributed by atoms with van der Waals surface area (Å²) in [5.74, 6) is 1.31. The Hall–Kier alpha value is -0.0800. The van der Waals surface area contributed by atoms with Crippen molar-refractivity contribution in [3.63, 3.8) is 0 Å². The van der Waals surface area contributed by atoms with Crippen molar-refractivity contribution in [3.05, 3.63) is 0 Å². The highest BCUT2D eigenvalue weighted by Crippen LogP contribution is 2.29. The van der Waals surface area contributed by atoms with Crippen LogP contribution in [0.5, 0.6) is 0 Å². The number of rotatable bonds is 3. The van der Waals surface area contributed by atoms with Gasteiger partial charge in [0.1, 0.15) is 0 Å². The second kappa shape index (κ2) is 4.43. The van der Waals surface area contributed by atoms with Crippen LogP contribution < -0.4 is 5.73 Å². The third kappa shape index (κ3) is 2.96. The molecule has 0 aromatic heterocycles. The molecule has 2 N–H and O–H groups in total. The van der Waals surface area contributed by atoms with Crippen LogP contribution in [0, 0.1) is 11.8 Å². The van der Waals surface area contributed by atoms with E-state index in [1.165, 1.54) is 6.42 Å². The summed E-state index contributed by atoms with van der Waals surface area (Å²) in [7, 11) is 0. The monoisotopic (exact) mass is 185 g/mol. The molecule has 0 aromatic rings. The smallest absolute Gasteiger partial charge is 0.0648 e. The molecule has 78 valence electrons. The van der Waals surface area contributed by atoms with Crippen molar-refractivity contribution >= 4 is 0 Å². The van der Waals surface area contributed by atoms with Gasteiger partial charge < -0.3 is 10.5 Å². The molecule has 0 radical (unpaired) electrons. The van der Waals surface area contributed by atoms with Crippen molar-refractivity contribution in [1.29, 1.82) is 0 Å². The number of nitrogens with two attached hydrogens (primary N) is 1. The fraction of sp³-hybridized carbons (Fsp3) is 1.00. The Morgan fingerprint density at radius 1 is 1.38 bits per heavy atom. The molecule has 0 aliphatic carbocycles. The lowest BCUT2D eigenvalue weighted by Gasteiger charge is -2.39. The molecule has 1 rings (SSSR count). The van der Waals surface area contributed by atoms with Crippen LogP contribution in [-0.2, 0) is 4.74 Å². The second-order valence-corrected chi connectivity index (χ2v) is 4.92. The highest BCUT2D eigenvalue weighted by atomic mass is 16.5. The van der Waals surface area contributed by atoms with Crippen LogP contribution in [0.1, 0.15) is 40.0 Å². The van der Waals surface area contributed by atoms with Crippen molar-refractivity contribution in [3.8, 4) is 0 Å². The third-order valence-electron chi connectivity index (χ3n) is 3.11. The molecule has 0 bridgehead atoms. The summed E-state index contributed by atoms with van der Waals surface area (Å²) in [5.41, 5.74) is 6.27. The Morgan fingerprint density at radius 3 is 2.54 bits per heavy atom. The molecule has 0 saturated carbocycles. The Labute approximate surface area is 81.8 Å².